The maximum Gasteiger partial charge on any atom is 0.178 e. The van der Waals surface area contributed by atoms with Gasteiger partial charge in [0.25, 0.3) is 0 Å². The number of anilines is 1. The summed E-state index contributed by atoms with van der Waals surface area (Å²) in [5.74, 6) is 0.0137. The summed E-state index contributed by atoms with van der Waals surface area (Å²) < 4.78 is 28.9. The van der Waals surface area contributed by atoms with Gasteiger partial charge < -0.3 is 15.4 Å². The predicted octanol–water partition coefficient (Wildman–Crippen LogP) is 6.49. The van der Waals surface area contributed by atoms with E-state index < -0.39 is 12.0 Å². The van der Waals surface area contributed by atoms with Crippen LogP contribution >= 0.6 is 11.3 Å². The highest BCUT2D eigenvalue weighted by Crippen LogP contribution is 2.35. The van der Waals surface area contributed by atoms with Gasteiger partial charge in [-0.15, -0.1) is 11.3 Å². The van der Waals surface area contributed by atoms with Crippen LogP contribution < -0.4 is 5.32 Å². The SMILES string of the molecule is CCCCC(O)Nc1cncc(-c2cc3c(-c4nc5nccc(-c6ccc(F)s6)c5[nH]4)n[nH]c3cc2F)c1. The van der Waals surface area contributed by atoms with Crippen LogP contribution in [-0.2, 0) is 0 Å². The van der Waals surface area contributed by atoms with Crippen LogP contribution in [0, 0.1) is 10.9 Å². The first-order chi connectivity index (χ1) is 18.5. The monoisotopic (exact) mass is 531 g/mol. The van der Waals surface area contributed by atoms with Gasteiger partial charge in [-0.2, -0.15) is 9.49 Å². The molecule has 0 aliphatic heterocycles. The molecule has 0 aliphatic rings. The molecule has 0 spiro atoms. The Labute approximate surface area is 219 Å². The van der Waals surface area contributed by atoms with E-state index in [1.807, 2.05) is 0 Å². The number of nitrogens with zero attached hydrogens (tertiary/aromatic N) is 4. The van der Waals surface area contributed by atoms with E-state index in [1.54, 1.807) is 42.9 Å². The van der Waals surface area contributed by atoms with Crippen molar-refractivity contribution in [3.63, 3.8) is 0 Å². The minimum atomic E-state index is -0.711. The molecule has 6 aromatic rings. The zero-order chi connectivity index (χ0) is 26.2. The van der Waals surface area contributed by atoms with Crippen molar-refractivity contribution in [3.8, 4) is 33.1 Å². The van der Waals surface area contributed by atoms with Crippen LogP contribution in [0.15, 0.2) is 55.0 Å². The van der Waals surface area contributed by atoms with Crippen LogP contribution in [-0.4, -0.2) is 41.5 Å². The first-order valence-electron chi connectivity index (χ1n) is 12.2. The third kappa shape index (κ3) is 4.50. The second-order valence-corrected chi connectivity index (χ2v) is 9.99. The quantitative estimate of drug-likeness (QED) is 0.167. The number of fused-ring (bicyclic) bond motifs is 2. The van der Waals surface area contributed by atoms with Gasteiger partial charge in [-0.3, -0.25) is 10.1 Å². The molecule has 0 radical (unpaired) electrons. The van der Waals surface area contributed by atoms with E-state index in [4.69, 9.17) is 0 Å². The fourth-order valence-corrected chi connectivity index (χ4v) is 5.22. The first-order valence-corrected chi connectivity index (χ1v) is 13.0. The number of unbranched alkanes of at least 4 members (excludes halogenated alkanes) is 1. The van der Waals surface area contributed by atoms with E-state index in [-0.39, 0.29) is 5.13 Å². The van der Waals surface area contributed by atoms with Gasteiger partial charge in [0.05, 0.1) is 22.9 Å². The summed E-state index contributed by atoms with van der Waals surface area (Å²) in [5.41, 5.74) is 4.40. The number of hydrogen-bond donors (Lipinski definition) is 4. The van der Waals surface area contributed by atoms with Crippen molar-refractivity contribution in [2.45, 2.75) is 32.4 Å². The van der Waals surface area contributed by atoms with Gasteiger partial charge in [0.2, 0.25) is 0 Å². The smallest absolute Gasteiger partial charge is 0.178 e. The number of H-pyrrole nitrogens is 2. The Kier molecular flexibility index (Phi) is 6.30. The van der Waals surface area contributed by atoms with Crippen molar-refractivity contribution in [1.82, 2.24) is 30.1 Å². The van der Waals surface area contributed by atoms with Gasteiger partial charge in [0.15, 0.2) is 16.6 Å². The summed E-state index contributed by atoms with van der Waals surface area (Å²) in [5, 5.41) is 20.9. The number of aromatic amines is 2. The van der Waals surface area contributed by atoms with E-state index in [2.05, 4.69) is 42.4 Å². The Hall–Kier alpha value is -4.22. The van der Waals surface area contributed by atoms with Crippen molar-refractivity contribution in [3.05, 3.63) is 65.9 Å². The largest absolute Gasteiger partial charge is 0.374 e. The number of nitrogens with one attached hydrogen (secondary N) is 3. The molecule has 0 saturated heterocycles. The minimum absolute atomic E-state index is 0.276. The number of rotatable bonds is 8. The molecule has 38 heavy (non-hydrogen) atoms. The zero-order valence-electron chi connectivity index (χ0n) is 20.3. The van der Waals surface area contributed by atoms with Crippen LogP contribution in [0.5, 0.6) is 0 Å². The second kappa shape index (κ2) is 9.92. The number of benzene rings is 1. The molecule has 0 saturated carbocycles. The Bertz CT molecular complexity index is 1760. The molecule has 5 heterocycles. The first kappa shape index (κ1) is 24.1. The Balaban J connectivity index is 1.39. The average molecular weight is 532 g/mol. The van der Waals surface area contributed by atoms with Crippen LogP contribution in [0.4, 0.5) is 14.5 Å². The van der Waals surface area contributed by atoms with Crippen molar-refractivity contribution in [1.29, 1.82) is 0 Å². The maximum absolute atomic E-state index is 15.2. The van der Waals surface area contributed by atoms with Crippen LogP contribution in [0.1, 0.15) is 26.2 Å². The number of aliphatic hydroxyl groups is 1. The van der Waals surface area contributed by atoms with E-state index in [0.29, 0.717) is 56.8 Å². The normalized spacial score (nSPS) is 12.4. The van der Waals surface area contributed by atoms with Crippen LogP contribution in [0.25, 0.3) is 55.2 Å². The molecule has 0 aliphatic carbocycles. The summed E-state index contributed by atoms with van der Waals surface area (Å²) in [7, 11) is 0. The van der Waals surface area contributed by atoms with Crippen molar-refractivity contribution < 1.29 is 13.9 Å². The van der Waals surface area contributed by atoms with Crippen molar-refractivity contribution in [2.24, 2.45) is 0 Å². The van der Waals surface area contributed by atoms with Gasteiger partial charge >= 0.3 is 0 Å². The van der Waals surface area contributed by atoms with E-state index in [9.17, 15) is 9.50 Å². The highest BCUT2D eigenvalue weighted by molar-refractivity contribution is 7.14. The maximum atomic E-state index is 15.2. The lowest BCUT2D eigenvalue weighted by atomic mass is 10.0. The van der Waals surface area contributed by atoms with E-state index in [0.717, 1.165) is 34.6 Å². The minimum Gasteiger partial charge on any atom is -0.374 e. The Morgan fingerprint density at radius 3 is 2.82 bits per heavy atom. The van der Waals surface area contributed by atoms with E-state index >= 15 is 4.39 Å². The predicted molar refractivity (Wildman–Crippen MR) is 145 cm³/mol. The topological polar surface area (TPSA) is 115 Å². The van der Waals surface area contributed by atoms with Crippen molar-refractivity contribution >= 4 is 39.1 Å². The van der Waals surface area contributed by atoms with Crippen LogP contribution in [0.3, 0.4) is 0 Å². The van der Waals surface area contributed by atoms with Gasteiger partial charge in [0, 0.05) is 45.4 Å². The number of aliphatic hydroxyl groups excluding tert-OH is 1. The molecular formula is C27H23F2N7OS. The molecule has 4 N–H and O–H groups in total. The third-order valence-electron chi connectivity index (χ3n) is 6.32. The lowest BCUT2D eigenvalue weighted by molar-refractivity contribution is 0.190. The second-order valence-electron chi connectivity index (χ2n) is 8.96. The lowest BCUT2D eigenvalue weighted by Crippen LogP contribution is -2.18. The molecular weight excluding hydrogens is 508 g/mol. The lowest BCUT2D eigenvalue weighted by Gasteiger charge is -2.14. The summed E-state index contributed by atoms with van der Waals surface area (Å²) in [4.78, 5) is 17.2. The fourth-order valence-electron chi connectivity index (χ4n) is 4.46. The summed E-state index contributed by atoms with van der Waals surface area (Å²) in [6, 6.07) is 9.79. The standard InChI is InChI=1S/C27H23F2N7OS/c1-2-3-4-23(37)32-15-9-14(12-30-13-15)17-10-18-20(11-19(17)28)35-36-25(18)27-33-24-16(7-8-31-26(24)34-27)21-5-6-22(29)38-21/h5-13,23,32,37H,2-4H2,1H3,(H,35,36)(H,31,33,34). The molecule has 1 unspecified atom stereocenters. The molecule has 5 aromatic heterocycles. The van der Waals surface area contributed by atoms with Gasteiger partial charge in [0.1, 0.15) is 17.7 Å². The number of halogens is 2. The van der Waals surface area contributed by atoms with Crippen molar-refractivity contribution in [2.75, 3.05) is 5.32 Å². The average Bonchev–Trinajstić information content (AvgIpc) is 3.64. The molecule has 11 heteroatoms. The highest BCUT2D eigenvalue weighted by atomic mass is 32.1. The van der Waals surface area contributed by atoms with Gasteiger partial charge in [-0.25, -0.2) is 14.4 Å². The van der Waals surface area contributed by atoms with Crippen LogP contribution in [0.2, 0.25) is 0 Å². The number of imidazole rings is 1. The van der Waals surface area contributed by atoms with E-state index in [1.165, 1.54) is 12.1 Å². The number of hydrogen-bond acceptors (Lipinski definition) is 7. The number of thiophene rings is 1. The molecule has 1 atom stereocenters. The third-order valence-corrected chi connectivity index (χ3v) is 7.23. The summed E-state index contributed by atoms with van der Waals surface area (Å²) in [6.07, 6.45) is 6.56. The molecule has 6 rings (SSSR count). The molecule has 0 fully saturated rings. The molecule has 0 amide bonds. The molecule has 192 valence electrons. The summed E-state index contributed by atoms with van der Waals surface area (Å²) >= 11 is 1.04. The number of aromatic nitrogens is 6. The van der Waals surface area contributed by atoms with Gasteiger partial charge in [-0.1, -0.05) is 13.3 Å². The Morgan fingerprint density at radius 2 is 2.00 bits per heavy atom. The zero-order valence-corrected chi connectivity index (χ0v) is 21.1. The molecule has 0 bridgehead atoms. The van der Waals surface area contributed by atoms with Gasteiger partial charge in [-0.05, 0) is 43.2 Å². The molecule has 1 aromatic carbocycles. The molecule has 8 nitrogen and oxygen atoms in total. The Morgan fingerprint density at radius 1 is 1.11 bits per heavy atom. The number of pyridine rings is 2. The fraction of sp³-hybridized carbons (Fsp3) is 0.185. The summed E-state index contributed by atoms with van der Waals surface area (Å²) in [6.45, 7) is 2.06. The highest BCUT2D eigenvalue weighted by Gasteiger charge is 2.19.